The van der Waals surface area contributed by atoms with Crippen LogP contribution in [-0.4, -0.2) is 59.3 Å². The van der Waals surface area contributed by atoms with Crippen molar-refractivity contribution in [2.45, 2.75) is 58.4 Å². The minimum Gasteiger partial charge on any atom is -0.444 e. The molecule has 0 fully saturated rings. The third-order valence-electron chi connectivity index (χ3n) is 3.70. The van der Waals surface area contributed by atoms with Gasteiger partial charge in [-0.2, -0.15) is 0 Å². The van der Waals surface area contributed by atoms with Crippen LogP contribution in [0.25, 0.3) is 0 Å². The number of rotatable bonds is 5. The number of aromatic nitrogens is 1. The van der Waals surface area contributed by atoms with Gasteiger partial charge in [0.25, 0.3) is 0 Å². The average molecular weight is 341 g/mol. The van der Waals surface area contributed by atoms with Gasteiger partial charge >= 0.3 is 6.09 Å². The van der Waals surface area contributed by atoms with Gasteiger partial charge in [-0.05, 0) is 27.7 Å². The number of carbonyl (C=O) groups is 1. The third-order valence-corrected chi connectivity index (χ3v) is 3.70. The Kier molecular flexibility index (Phi) is 5.71. The molecule has 0 saturated carbocycles. The van der Waals surface area contributed by atoms with Crippen LogP contribution in [0.1, 0.15) is 39.0 Å². The molecule has 1 aliphatic rings. The molecule has 136 valence electrons. The van der Waals surface area contributed by atoms with Crippen LogP contribution in [0.3, 0.4) is 0 Å². The monoisotopic (exact) mass is 341 g/mol. The number of methoxy groups -OCH3 is 1. The van der Waals surface area contributed by atoms with Crippen LogP contribution in [0.4, 0.5) is 10.7 Å². The van der Waals surface area contributed by atoms with Crippen LogP contribution in [0.15, 0.2) is 4.52 Å². The standard InChI is InChI=1S/C16H27N3O5/c1-10-6-13-12(8-19(10)15(21)23-16(2,3)4)14(24-18-13)17-7-11(20)9-22-5/h10-11,17,20H,6-9H2,1-5H3/t10-,11-/m0/s1. The molecule has 1 amide bonds. The molecule has 0 aromatic carbocycles. The summed E-state index contributed by atoms with van der Waals surface area (Å²) in [7, 11) is 1.53. The molecule has 0 unspecified atom stereocenters. The number of hydrogen-bond acceptors (Lipinski definition) is 7. The summed E-state index contributed by atoms with van der Waals surface area (Å²) in [6.07, 6.45) is -0.409. The Labute approximate surface area is 142 Å². The SMILES string of the molecule is COC[C@@H](O)CNc1onc2c1CN(C(=O)OC(C)(C)C)[C@@H](C)C2. The van der Waals surface area contributed by atoms with Gasteiger partial charge < -0.3 is 29.3 Å². The first-order valence-electron chi connectivity index (χ1n) is 8.09. The largest absolute Gasteiger partial charge is 0.444 e. The molecular weight excluding hydrogens is 314 g/mol. The number of hydrogen-bond donors (Lipinski definition) is 2. The van der Waals surface area contributed by atoms with Crippen LogP contribution < -0.4 is 5.32 Å². The maximum atomic E-state index is 12.4. The molecule has 2 atom stereocenters. The number of anilines is 1. The highest BCUT2D eigenvalue weighted by Gasteiger charge is 2.34. The molecule has 2 heterocycles. The van der Waals surface area contributed by atoms with Gasteiger partial charge in [0.1, 0.15) is 5.60 Å². The summed E-state index contributed by atoms with van der Waals surface area (Å²) in [4.78, 5) is 14.1. The van der Waals surface area contributed by atoms with E-state index in [0.717, 1.165) is 11.3 Å². The smallest absolute Gasteiger partial charge is 0.410 e. The van der Waals surface area contributed by atoms with Gasteiger partial charge in [-0.15, -0.1) is 0 Å². The van der Waals surface area contributed by atoms with Gasteiger partial charge in [-0.3, -0.25) is 0 Å². The zero-order chi connectivity index (χ0) is 17.9. The second-order valence-electron chi connectivity index (χ2n) is 7.09. The van der Waals surface area contributed by atoms with Gasteiger partial charge in [0.05, 0.1) is 30.5 Å². The van der Waals surface area contributed by atoms with E-state index in [2.05, 4.69) is 10.5 Å². The number of nitrogens with one attached hydrogen (secondary N) is 1. The molecule has 8 heteroatoms. The fourth-order valence-corrected chi connectivity index (χ4v) is 2.55. The predicted molar refractivity (Wildman–Crippen MR) is 87.8 cm³/mol. The lowest BCUT2D eigenvalue weighted by Gasteiger charge is -2.34. The van der Waals surface area contributed by atoms with Crippen molar-refractivity contribution in [2.75, 3.05) is 25.6 Å². The molecular formula is C16H27N3O5. The molecule has 1 aromatic heterocycles. The summed E-state index contributed by atoms with van der Waals surface area (Å²) >= 11 is 0. The number of amides is 1. The molecule has 2 rings (SSSR count). The van der Waals surface area contributed by atoms with Crippen molar-refractivity contribution in [2.24, 2.45) is 0 Å². The van der Waals surface area contributed by atoms with Gasteiger partial charge in [0.15, 0.2) is 0 Å². The molecule has 1 aromatic rings. The highest BCUT2D eigenvalue weighted by Crippen LogP contribution is 2.30. The fraction of sp³-hybridized carbons (Fsp3) is 0.750. The van der Waals surface area contributed by atoms with Gasteiger partial charge in [-0.1, -0.05) is 5.16 Å². The van der Waals surface area contributed by atoms with Crippen molar-refractivity contribution in [1.82, 2.24) is 10.1 Å². The van der Waals surface area contributed by atoms with Crippen LogP contribution in [0.5, 0.6) is 0 Å². The number of aliphatic hydroxyl groups excluding tert-OH is 1. The van der Waals surface area contributed by atoms with E-state index < -0.39 is 11.7 Å². The molecule has 2 N–H and O–H groups in total. The van der Waals surface area contributed by atoms with E-state index >= 15 is 0 Å². The normalized spacial score (nSPS) is 18.9. The Morgan fingerprint density at radius 2 is 2.25 bits per heavy atom. The van der Waals surface area contributed by atoms with Crippen LogP contribution in [0, 0.1) is 0 Å². The zero-order valence-electron chi connectivity index (χ0n) is 15.0. The molecule has 0 aliphatic carbocycles. The molecule has 0 saturated heterocycles. The van der Waals surface area contributed by atoms with Crippen LogP contribution >= 0.6 is 0 Å². The number of aliphatic hydroxyl groups is 1. The Bertz CT molecular complexity index is 567. The van der Waals surface area contributed by atoms with Crippen molar-refractivity contribution in [1.29, 1.82) is 0 Å². The van der Waals surface area contributed by atoms with Crippen molar-refractivity contribution in [3.8, 4) is 0 Å². The average Bonchev–Trinajstić information content (AvgIpc) is 2.84. The van der Waals surface area contributed by atoms with Crippen LogP contribution in [-0.2, 0) is 22.4 Å². The van der Waals surface area contributed by atoms with E-state index in [0.29, 0.717) is 18.8 Å². The van der Waals surface area contributed by atoms with E-state index in [1.807, 2.05) is 27.7 Å². The second kappa shape index (κ2) is 7.40. The molecule has 1 aliphatic heterocycles. The van der Waals surface area contributed by atoms with Crippen molar-refractivity contribution < 1.29 is 23.9 Å². The lowest BCUT2D eigenvalue weighted by molar-refractivity contribution is 0.0138. The maximum absolute atomic E-state index is 12.4. The highest BCUT2D eigenvalue weighted by molar-refractivity contribution is 5.69. The first-order chi connectivity index (χ1) is 11.2. The van der Waals surface area contributed by atoms with E-state index in [1.165, 1.54) is 7.11 Å². The first-order valence-corrected chi connectivity index (χ1v) is 8.09. The number of ether oxygens (including phenoxy) is 2. The van der Waals surface area contributed by atoms with Crippen molar-refractivity contribution in [3.63, 3.8) is 0 Å². The molecule has 8 nitrogen and oxygen atoms in total. The lowest BCUT2D eigenvalue weighted by Crippen LogP contribution is -2.45. The number of fused-ring (bicyclic) bond motifs is 1. The minimum absolute atomic E-state index is 0.0237. The summed E-state index contributed by atoms with van der Waals surface area (Å²) < 4.78 is 15.7. The number of nitrogens with zero attached hydrogens (tertiary/aromatic N) is 2. The van der Waals surface area contributed by atoms with Gasteiger partial charge in [0.2, 0.25) is 5.88 Å². The second-order valence-corrected chi connectivity index (χ2v) is 7.09. The van der Waals surface area contributed by atoms with Gasteiger partial charge in [0, 0.05) is 26.1 Å². The molecule has 0 bridgehead atoms. The quantitative estimate of drug-likeness (QED) is 0.842. The minimum atomic E-state index is -0.653. The summed E-state index contributed by atoms with van der Waals surface area (Å²) in [5, 5.41) is 16.8. The summed E-state index contributed by atoms with van der Waals surface area (Å²) in [5.41, 5.74) is 1.10. The Balaban J connectivity index is 2.07. The Morgan fingerprint density at radius 3 is 2.88 bits per heavy atom. The summed E-state index contributed by atoms with van der Waals surface area (Å²) in [6, 6.07) is -0.0237. The highest BCUT2D eigenvalue weighted by atomic mass is 16.6. The molecule has 0 spiro atoms. The summed E-state index contributed by atoms with van der Waals surface area (Å²) in [5.74, 6) is 0.473. The predicted octanol–water partition coefficient (Wildman–Crippen LogP) is 1.78. The summed E-state index contributed by atoms with van der Waals surface area (Å²) in [6.45, 7) is 8.34. The topological polar surface area (TPSA) is 97.1 Å². The van der Waals surface area contributed by atoms with E-state index in [9.17, 15) is 9.90 Å². The maximum Gasteiger partial charge on any atom is 0.410 e. The van der Waals surface area contributed by atoms with E-state index in [1.54, 1.807) is 4.90 Å². The molecule has 24 heavy (non-hydrogen) atoms. The van der Waals surface area contributed by atoms with Crippen LogP contribution in [0.2, 0.25) is 0 Å². The van der Waals surface area contributed by atoms with Crippen molar-refractivity contribution >= 4 is 12.0 Å². The Morgan fingerprint density at radius 1 is 1.54 bits per heavy atom. The lowest BCUT2D eigenvalue weighted by atomic mass is 10.0. The third kappa shape index (κ3) is 4.61. The fourth-order valence-electron chi connectivity index (χ4n) is 2.55. The van der Waals surface area contributed by atoms with Crippen molar-refractivity contribution in [3.05, 3.63) is 11.3 Å². The zero-order valence-corrected chi connectivity index (χ0v) is 15.0. The number of carbonyl (C=O) groups excluding carboxylic acids is 1. The van der Waals surface area contributed by atoms with Gasteiger partial charge in [-0.25, -0.2) is 4.79 Å². The Hall–Kier alpha value is -1.80. The molecule has 0 radical (unpaired) electrons. The van der Waals surface area contributed by atoms with E-state index in [-0.39, 0.29) is 25.3 Å². The first kappa shape index (κ1) is 18.5. The van der Waals surface area contributed by atoms with E-state index in [4.69, 9.17) is 14.0 Å².